The lowest BCUT2D eigenvalue weighted by Crippen LogP contribution is -2.56. The third-order valence-corrected chi connectivity index (χ3v) is 6.12. The Kier molecular flexibility index (Phi) is 10.8. The number of carbonyl (C=O) groups excluding carboxylic acids is 4. The first-order valence-corrected chi connectivity index (χ1v) is 13.3. The summed E-state index contributed by atoms with van der Waals surface area (Å²) in [5, 5.41) is 12.8. The highest BCUT2D eigenvalue weighted by atomic mass is 16.5. The number of hydrogen-bond donors (Lipinski definition) is 4. The van der Waals surface area contributed by atoms with Crippen molar-refractivity contribution in [2.24, 2.45) is 0 Å². The fourth-order valence-corrected chi connectivity index (χ4v) is 4.22. The van der Waals surface area contributed by atoms with E-state index >= 15 is 0 Å². The van der Waals surface area contributed by atoms with Crippen LogP contribution in [-0.2, 0) is 36.9 Å². The minimum atomic E-state index is -1.32. The zero-order valence-electron chi connectivity index (χ0n) is 23.5. The van der Waals surface area contributed by atoms with Crippen LogP contribution in [0.5, 0.6) is 0 Å². The number of nitrogens with one attached hydrogen (secondary N) is 4. The van der Waals surface area contributed by atoms with Crippen LogP contribution in [0.2, 0.25) is 0 Å². The van der Waals surface area contributed by atoms with Gasteiger partial charge in [-0.15, -0.1) is 0 Å². The summed E-state index contributed by atoms with van der Waals surface area (Å²) >= 11 is 0. The van der Waals surface area contributed by atoms with Crippen molar-refractivity contribution in [3.05, 3.63) is 83.9 Å². The number of aryl methyl sites for hydroxylation is 1. The molecule has 0 spiro atoms. The van der Waals surface area contributed by atoms with E-state index in [1.165, 1.54) is 7.11 Å². The van der Waals surface area contributed by atoms with Crippen LogP contribution in [0.4, 0.5) is 0 Å². The summed E-state index contributed by atoms with van der Waals surface area (Å²) in [4.78, 5) is 51.5. The molecule has 0 saturated heterocycles. The number of amides is 4. The van der Waals surface area contributed by atoms with Gasteiger partial charge in [-0.1, -0.05) is 72.8 Å². The zero-order valence-corrected chi connectivity index (χ0v) is 23.5. The third-order valence-electron chi connectivity index (χ3n) is 6.12. The summed E-state index contributed by atoms with van der Waals surface area (Å²) in [6.07, 6.45) is -1.01. The van der Waals surface area contributed by atoms with Crippen LogP contribution < -0.4 is 21.3 Å². The molecule has 3 aromatic rings. The van der Waals surface area contributed by atoms with Crippen molar-refractivity contribution in [1.29, 1.82) is 0 Å². The third kappa shape index (κ3) is 9.50. The van der Waals surface area contributed by atoms with Gasteiger partial charge in [0, 0.05) is 25.6 Å². The molecule has 0 radical (unpaired) electrons. The summed E-state index contributed by atoms with van der Waals surface area (Å²) in [7, 11) is 1.29. The van der Waals surface area contributed by atoms with Crippen molar-refractivity contribution in [2.75, 3.05) is 7.11 Å². The number of hydrogen-bond acceptors (Lipinski definition) is 5. The second-order valence-corrected chi connectivity index (χ2v) is 10.6. The minimum absolute atomic E-state index is 0.133. The Morgan fingerprint density at radius 3 is 2.17 bits per heavy atom. The lowest BCUT2D eigenvalue weighted by atomic mass is 10.0. The fraction of sp³-hybridized carbons (Fsp3) is 0.355. The number of ether oxygens (including phenoxy) is 1. The average molecular weight is 547 g/mol. The summed E-state index contributed by atoms with van der Waals surface area (Å²) in [5.41, 5.74) is 1.37. The van der Waals surface area contributed by atoms with Crippen LogP contribution in [-0.4, -0.2) is 48.5 Å². The van der Waals surface area contributed by atoms with E-state index in [2.05, 4.69) is 21.3 Å². The van der Waals surface area contributed by atoms with Crippen LogP contribution in [0.15, 0.2) is 72.8 Å². The lowest BCUT2D eigenvalue weighted by molar-refractivity contribution is -0.141. The van der Waals surface area contributed by atoms with Gasteiger partial charge in [0.1, 0.15) is 6.04 Å². The van der Waals surface area contributed by atoms with Gasteiger partial charge in [-0.3, -0.25) is 19.2 Å². The van der Waals surface area contributed by atoms with Gasteiger partial charge in [-0.2, -0.15) is 0 Å². The molecule has 0 aromatic heterocycles. The maximum absolute atomic E-state index is 13.2. The van der Waals surface area contributed by atoms with Crippen molar-refractivity contribution in [1.82, 2.24) is 21.3 Å². The fourth-order valence-electron chi connectivity index (χ4n) is 4.22. The highest BCUT2D eigenvalue weighted by Gasteiger charge is 2.29. The Morgan fingerprint density at radius 2 is 1.48 bits per heavy atom. The molecule has 0 aliphatic carbocycles. The van der Waals surface area contributed by atoms with Crippen molar-refractivity contribution < 1.29 is 23.9 Å². The molecule has 9 nitrogen and oxygen atoms in total. The van der Waals surface area contributed by atoms with Crippen molar-refractivity contribution in [3.8, 4) is 0 Å². The molecule has 3 rings (SSSR count). The topological polar surface area (TPSA) is 126 Å². The van der Waals surface area contributed by atoms with E-state index in [1.54, 1.807) is 0 Å². The summed E-state index contributed by atoms with van der Waals surface area (Å²) in [6.45, 7) is 5.68. The number of benzene rings is 3. The maximum Gasteiger partial charge on any atom is 0.270 e. The maximum atomic E-state index is 13.2. The number of methoxy groups -OCH3 is 1. The first kappa shape index (κ1) is 30.3. The van der Waals surface area contributed by atoms with Gasteiger partial charge >= 0.3 is 0 Å². The van der Waals surface area contributed by atoms with Crippen molar-refractivity contribution in [3.63, 3.8) is 0 Å². The molecule has 2 unspecified atom stereocenters. The molecule has 0 aliphatic heterocycles. The van der Waals surface area contributed by atoms with Crippen LogP contribution >= 0.6 is 0 Å². The quantitative estimate of drug-likeness (QED) is 0.260. The first-order valence-electron chi connectivity index (χ1n) is 13.3. The van der Waals surface area contributed by atoms with Crippen LogP contribution in [0.3, 0.4) is 0 Å². The highest BCUT2D eigenvalue weighted by Crippen LogP contribution is 2.18. The Labute approximate surface area is 235 Å². The van der Waals surface area contributed by atoms with Crippen molar-refractivity contribution in [2.45, 2.75) is 64.4 Å². The molecule has 0 fully saturated rings. The predicted octanol–water partition coefficient (Wildman–Crippen LogP) is 2.97. The van der Waals surface area contributed by atoms with Gasteiger partial charge in [0.25, 0.3) is 5.91 Å². The normalized spacial score (nSPS) is 12.7. The van der Waals surface area contributed by atoms with E-state index in [0.29, 0.717) is 6.42 Å². The molecule has 2 atom stereocenters. The number of rotatable bonds is 12. The second-order valence-electron chi connectivity index (χ2n) is 10.6. The smallest absolute Gasteiger partial charge is 0.270 e. The van der Waals surface area contributed by atoms with E-state index in [9.17, 15) is 19.2 Å². The number of fused-ring (bicyclic) bond motifs is 1. The van der Waals surface area contributed by atoms with Gasteiger partial charge in [-0.25, -0.2) is 0 Å². The largest absolute Gasteiger partial charge is 0.353 e. The van der Waals surface area contributed by atoms with Gasteiger partial charge in [0.2, 0.25) is 23.9 Å². The van der Waals surface area contributed by atoms with E-state index in [1.807, 2.05) is 93.6 Å². The van der Waals surface area contributed by atoms with Crippen LogP contribution in [0, 0.1) is 0 Å². The molecule has 40 heavy (non-hydrogen) atoms. The van der Waals surface area contributed by atoms with E-state index in [-0.39, 0.29) is 25.3 Å². The predicted molar refractivity (Wildman–Crippen MR) is 154 cm³/mol. The molecule has 3 aromatic carbocycles. The summed E-state index contributed by atoms with van der Waals surface area (Å²) in [6, 6.07) is 21.9. The van der Waals surface area contributed by atoms with Gasteiger partial charge in [0.15, 0.2) is 0 Å². The zero-order chi connectivity index (χ0) is 29.1. The van der Waals surface area contributed by atoms with Gasteiger partial charge in [0.05, 0.1) is 6.42 Å². The Balaban J connectivity index is 1.64. The lowest BCUT2D eigenvalue weighted by Gasteiger charge is -2.25. The molecule has 9 heteroatoms. The van der Waals surface area contributed by atoms with Gasteiger partial charge < -0.3 is 26.0 Å². The Hall–Kier alpha value is -4.24. The number of carbonyl (C=O) groups is 4. The molecule has 212 valence electrons. The van der Waals surface area contributed by atoms with E-state index in [0.717, 1.165) is 21.9 Å². The first-order chi connectivity index (χ1) is 19.1. The molecule has 4 amide bonds. The Bertz CT molecular complexity index is 1310. The van der Waals surface area contributed by atoms with E-state index in [4.69, 9.17) is 4.74 Å². The standard InChI is InChI=1S/C31H38N4O5/c1-31(2,3)35-27(37)19-25(33-26(36)18-17-21-11-6-5-7-12-21)28(38)34-30(40-4)29(39)32-20-23-15-10-14-22-13-8-9-16-24(22)23/h5-16,25,30H,17-20H2,1-4H3,(H,32,39)(H,33,36)(H,34,38)(H,35,37). The van der Waals surface area contributed by atoms with Crippen LogP contribution in [0.1, 0.15) is 44.7 Å². The molecular weight excluding hydrogens is 508 g/mol. The summed E-state index contributed by atoms with van der Waals surface area (Å²) < 4.78 is 5.25. The summed E-state index contributed by atoms with van der Waals surface area (Å²) in [5.74, 6) is -2.06. The minimum Gasteiger partial charge on any atom is -0.353 e. The molecule has 0 heterocycles. The van der Waals surface area contributed by atoms with Crippen molar-refractivity contribution >= 4 is 34.4 Å². The van der Waals surface area contributed by atoms with Gasteiger partial charge in [-0.05, 0) is 49.1 Å². The monoisotopic (exact) mass is 546 g/mol. The second kappa shape index (κ2) is 14.2. The molecule has 4 N–H and O–H groups in total. The molecule has 0 bridgehead atoms. The molecular formula is C31H38N4O5. The highest BCUT2D eigenvalue weighted by molar-refractivity contribution is 5.94. The Morgan fingerprint density at radius 1 is 0.800 bits per heavy atom. The molecule has 0 saturated carbocycles. The van der Waals surface area contributed by atoms with E-state index < -0.39 is 35.5 Å². The van der Waals surface area contributed by atoms with Crippen LogP contribution in [0.25, 0.3) is 10.8 Å². The average Bonchev–Trinajstić information content (AvgIpc) is 2.92. The SMILES string of the molecule is COC(NC(=O)C(CC(=O)NC(C)(C)C)NC(=O)CCc1ccccc1)C(=O)NCc1cccc2ccccc12. The molecule has 0 aliphatic rings.